The number of hydrogen-bond acceptors (Lipinski definition) is 3. The van der Waals surface area contributed by atoms with Crippen LogP contribution >= 0.6 is 24.8 Å². The molecule has 132 valence electrons. The highest BCUT2D eigenvalue weighted by atomic mass is 35.5. The van der Waals surface area contributed by atoms with E-state index in [4.69, 9.17) is 5.73 Å². The number of hydrogen-bond donors (Lipinski definition) is 2. The highest BCUT2D eigenvalue weighted by Crippen LogP contribution is 2.47. The van der Waals surface area contributed by atoms with Crippen LogP contribution in [0.5, 0.6) is 0 Å². The molecular formula is C16H33Cl2N3O. The van der Waals surface area contributed by atoms with Gasteiger partial charge in [-0.1, -0.05) is 0 Å². The second-order valence-electron chi connectivity index (χ2n) is 7.15. The monoisotopic (exact) mass is 353 g/mol. The Hall–Kier alpha value is -0.0300. The minimum Gasteiger partial charge on any atom is -0.355 e. The van der Waals surface area contributed by atoms with E-state index in [0.29, 0.717) is 23.9 Å². The second kappa shape index (κ2) is 9.31. The molecule has 0 aromatic heterocycles. The van der Waals surface area contributed by atoms with Crippen LogP contribution in [0, 0.1) is 17.8 Å². The first-order valence-electron chi connectivity index (χ1n) is 8.20. The van der Waals surface area contributed by atoms with E-state index >= 15 is 0 Å². The summed E-state index contributed by atoms with van der Waals surface area (Å²) < 4.78 is 0. The third-order valence-corrected chi connectivity index (χ3v) is 5.28. The summed E-state index contributed by atoms with van der Waals surface area (Å²) in [6.07, 6.45) is 3.59. The minimum absolute atomic E-state index is 0. The normalized spacial score (nSPS) is 29.6. The fourth-order valence-electron chi connectivity index (χ4n) is 4.26. The molecule has 3 N–H and O–H groups in total. The summed E-state index contributed by atoms with van der Waals surface area (Å²) in [6.45, 7) is 10.5. The third-order valence-electron chi connectivity index (χ3n) is 5.28. The summed E-state index contributed by atoms with van der Waals surface area (Å²) in [7, 11) is 0. The van der Waals surface area contributed by atoms with Crippen molar-refractivity contribution in [3.05, 3.63) is 0 Å². The van der Waals surface area contributed by atoms with E-state index in [0.717, 1.165) is 13.1 Å². The molecule has 0 aliphatic heterocycles. The Kier molecular flexibility index (Phi) is 9.30. The SMILES string of the molecule is CC(C)N(CCNC(=O)C1C2CCC(C2)C1N)C(C)C.Cl.Cl. The molecule has 6 heteroatoms. The van der Waals surface area contributed by atoms with Gasteiger partial charge in [-0.05, 0) is 58.8 Å². The van der Waals surface area contributed by atoms with Crippen molar-refractivity contribution in [2.75, 3.05) is 13.1 Å². The van der Waals surface area contributed by atoms with E-state index in [9.17, 15) is 4.79 Å². The van der Waals surface area contributed by atoms with E-state index in [1.807, 2.05) is 0 Å². The fraction of sp³-hybridized carbons (Fsp3) is 0.938. The van der Waals surface area contributed by atoms with Gasteiger partial charge in [-0.3, -0.25) is 9.69 Å². The van der Waals surface area contributed by atoms with Crippen molar-refractivity contribution in [3.8, 4) is 0 Å². The molecule has 0 radical (unpaired) electrons. The molecule has 0 heterocycles. The first kappa shape index (κ1) is 22.0. The molecule has 1 amide bonds. The molecule has 2 aliphatic carbocycles. The molecule has 2 saturated carbocycles. The van der Waals surface area contributed by atoms with Crippen LogP contribution in [-0.2, 0) is 4.79 Å². The van der Waals surface area contributed by atoms with Crippen LogP contribution in [0.2, 0.25) is 0 Å². The molecular weight excluding hydrogens is 321 g/mol. The molecule has 22 heavy (non-hydrogen) atoms. The smallest absolute Gasteiger partial charge is 0.225 e. The van der Waals surface area contributed by atoms with Gasteiger partial charge >= 0.3 is 0 Å². The number of nitrogens with two attached hydrogens (primary N) is 1. The lowest BCUT2D eigenvalue weighted by Gasteiger charge is -2.31. The number of fused-ring (bicyclic) bond motifs is 2. The quantitative estimate of drug-likeness (QED) is 0.770. The van der Waals surface area contributed by atoms with Crippen LogP contribution in [-0.4, -0.2) is 42.0 Å². The topological polar surface area (TPSA) is 58.4 Å². The molecule has 2 fully saturated rings. The summed E-state index contributed by atoms with van der Waals surface area (Å²) in [6, 6.07) is 1.12. The van der Waals surface area contributed by atoms with Crippen LogP contribution in [0.4, 0.5) is 0 Å². The van der Waals surface area contributed by atoms with E-state index in [1.165, 1.54) is 19.3 Å². The Balaban J connectivity index is 0.00000220. The summed E-state index contributed by atoms with van der Waals surface area (Å²) in [5.74, 6) is 1.40. The zero-order valence-electron chi connectivity index (χ0n) is 14.2. The Morgan fingerprint density at radius 3 is 2.14 bits per heavy atom. The molecule has 2 bridgehead atoms. The predicted molar refractivity (Wildman–Crippen MR) is 96.8 cm³/mol. The number of amides is 1. The van der Waals surface area contributed by atoms with Crippen LogP contribution < -0.4 is 11.1 Å². The van der Waals surface area contributed by atoms with Gasteiger partial charge in [0.1, 0.15) is 0 Å². The average Bonchev–Trinajstić information content (AvgIpc) is 2.93. The zero-order valence-corrected chi connectivity index (χ0v) is 15.9. The lowest BCUT2D eigenvalue weighted by atomic mass is 9.84. The lowest BCUT2D eigenvalue weighted by Crippen LogP contribution is -2.48. The van der Waals surface area contributed by atoms with Gasteiger partial charge in [0.05, 0.1) is 5.92 Å². The summed E-state index contributed by atoms with van der Waals surface area (Å²) in [4.78, 5) is 14.8. The molecule has 0 saturated heterocycles. The first-order valence-corrected chi connectivity index (χ1v) is 8.20. The van der Waals surface area contributed by atoms with Crippen LogP contribution in [0.1, 0.15) is 47.0 Å². The largest absolute Gasteiger partial charge is 0.355 e. The predicted octanol–water partition coefficient (Wildman–Crippen LogP) is 2.44. The summed E-state index contributed by atoms with van der Waals surface area (Å²) in [5.41, 5.74) is 6.22. The molecule has 4 unspecified atom stereocenters. The molecule has 4 nitrogen and oxygen atoms in total. The maximum absolute atomic E-state index is 12.4. The summed E-state index contributed by atoms with van der Waals surface area (Å²) >= 11 is 0. The maximum atomic E-state index is 12.4. The Morgan fingerprint density at radius 2 is 1.68 bits per heavy atom. The molecule has 0 aromatic rings. The molecule has 4 atom stereocenters. The molecule has 2 rings (SSSR count). The van der Waals surface area contributed by atoms with Gasteiger partial charge in [0.2, 0.25) is 5.91 Å². The Bertz CT molecular complexity index is 342. The number of halogens is 2. The van der Waals surface area contributed by atoms with Crippen molar-refractivity contribution in [2.24, 2.45) is 23.5 Å². The Morgan fingerprint density at radius 1 is 1.14 bits per heavy atom. The fourth-order valence-corrected chi connectivity index (χ4v) is 4.26. The van der Waals surface area contributed by atoms with E-state index < -0.39 is 0 Å². The minimum atomic E-state index is 0. The molecule has 0 aromatic carbocycles. The highest BCUT2D eigenvalue weighted by Gasteiger charge is 2.48. The van der Waals surface area contributed by atoms with Gasteiger partial charge < -0.3 is 11.1 Å². The average molecular weight is 354 g/mol. The standard InChI is InChI=1S/C16H31N3O.2ClH/c1-10(2)19(11(3)4)8-7-18-16(20)14-12-5-6-13(9-12)15(14)17;;/h10-15H,5-9,17H2,1-4H3,(H,18,20);2*1H. The zero-order chi connectivity index (χ0) is 14.9. The van der Waals surface area contributed by atoms with Gasteiger partial charge in [-0.15, -0.1) is 24.8 Å². The van der Waals surface area contributed by atoms with Gasteiger partial charge in [0, 0.05) is 31.2 Å². The van der Waals surface area contributed by atoms with Crippen LogP contribution in [0.25, 0.3) is 0 Å². The number of nitrogens with one attached hydrogen (secondary N) is 1. The van der Waals surface area contributed by atoms with Crippen molar-refractivity contribution < 1.29 is 4.79 Å². The number of nitrogens with zero attached hydrogens (tertiary/aromatic N) is 1. The van der Waals surface area contributed by atoms with Crippen molar-refractivity contribution in [2.45, 2.75) is 65.1 Å². The van der Waals surface area contributed by atoms with Crippen molar-refractivity contribution >= 4 is 30.7 Å². The van der Waals surface area contributed by atoms with Gasteiger partial charge in [0.25, 0.3) is 0 Å². The van der Waals surface area contributed by atoms with Crippen LogP contribution in [0.3, 0.4) is 0 Å². The number of carbonyl (C=O) groups is 1. The van der Waals surface area contributed by atoms with Gasteiger partial charge in [-0.2, -0.15) is 0 Å². The maximum Gasteiger partial charge on any atom is 0.225 e. The first-order chi connectivity index (χ1) is 9.41. The third kappa shape index (κ3) is 4.73. The highest BCUT2D eigenvalue weighted by molar-refractivity contribution is 5.85. The van der Waals surface area contributed by atoms with E-state index in [2.05, 4.69) is 37.9 Å². The van der Waals surface area contributed by atoms with Crippen molar-refractivity contribution in [1.82, 2.24) is 10.2 Å². The van der Waals surface area contributed by atoms with Crippen molar-refractivity contribution in [3.63, 3.8) is 0 Å². The van der Waals surface area contributed by atoms with Gasteiger partial charge in [0.15, 0.2) is 0 Å². The lowest BCUT2D eigenvalue weighted by molar-refractivity contribution is -0.127. The van der Waals surface area contributed by atoms with Crippen LogP contribution in [0.15, 0.2) is 0 Å². The molecule has 0 spiro atoms. The van der Waals surface area contributed by atoms with E-state index in [1.54, 1.807) is 0 Å². The molecule has 2 aliphatic rings. The number of carbonyl (C=O) groups excluding carboxylic acids is 1. The van der Waals surface area contributed by atoms with Crippen molar-refractivity contribution in [1.29, 1.82) is 0 Å². The second-order valence-corrected chi connectivity index (χ2v) is 7.15. The van der Waals surface area contributed by atoms with Gasteiger partial charge in [-0.25, -0.2) is 0 Å². The Labute approximate surface area is 147 Å². The summed E-state index contributed by atoms with van der Waals surface area (Å²) in [5, 5.41) is 3.12. The van der Waals surface area contributed by atoms with E-state index in [-0.39, 0.29) is 42.7 Å². The number of rotatable bonds is 6.